The fourth-order valence-electron chi connectivity index (χ4n) is 3.22. The number of hydrogen-bond acceptors (Lipinski definition) is 0. The number of fused-ring (bicyclic) bond motifs is 3. The molecule has 0 spiro atoms. The van der Waals surface area contributed by atoms with Gasteiger partial charge in [0, 0.05) is 5.41 Å². The maximum atomic E-state index is 3.46. The molecule has 0 heterocycles. The molecule has 0 atom stereocenters. The quantitative estimate of drug-likeness (QED) is 0.704. The molecule has 0 bridgehead atoms. The summed E-state index contributed by atoms with van der Waals surface area (Å²) in [5.41, 5.74) is 5.56. The highest BCUT2D eigenvalue weighted by molar-refractivity contribution is 5.80. The zero-order chi connectivity index (χ0) is 11.9. The summed E-state index contributed by atoms with van der Waals surface area (Å²) >= 11 is 0. The minimum atomic E-state index is 0.156. The molecule has 0 saturated heterocycles. The first-order valence-corrected chi connectivity index (χ1v) is 6.36. The van der Waals surface area contributed by atoms with Gasteiger partial charge in [0.1, 0.15) is 0 Å². The lowest BCUT2D eigenvalue weighted by atomic mass is 9.74. The maximum Gasteiger partial charge on any atom is 0.0216 e. The van der Waals surface area contributed by atoms with Crippen LogP contribution in [-0.2, 0) is 5.41 Å². The second-order valence-corrected chi connectivity index (χ2v) is 4.71. The van der Waals surface area contributed by atoms with Crippen LogP contribution in [0.25, 0.3) is 11.1 Å². The van der Waals surface area contributed by atoms with Gasteiger partial charge in [-0.05, 0) is 47.2 Å². The van der Waals surface area contributed by atoms with Crippen molar-refractivity contribution in [2.75, 3.05) is 0 Å². The standard InChI is InChI=1S/C17H16/c1-3-17(4-2)15-11-7-5-9-13(15)14-10-6-8-12-16(14)17/h5-9,11H,3-4H2,1-2H3. The van der Waals surface area contributed by atoms with E-state index in [9.17, 15) is 0 Å². The van der Waals surface area contributed by atoms with Crippen molar-refractivity contribution in [1.29, 1.82) is 0 Å². The Morgan fingerprint density at radius 2 is 1.71 bits per heavy atom. The van der Waals surface area contributed by atoms with Crippen LogP contribution >= 0.6 is 0 Å². The molecule has 0 saturated carbocycles. The first-order chi connectivity index (χ1) is 8.33. The lowest BCUT2D eigenvalue weighted by molar-refractivity contribution is 0.490. The van der Waals surface area contributed by atoms with Gasteiger partial charge in [0.05, 0.1) is 0 Å². The second-order valence-electron chi connectivity index (χ2n) is 4.71. The minimum absolute atomic E-state index is 0.156. The fourth-order valence-corrected chi connectivity index (χ4v) is 3.22. The van der Waals surface area contributed by atoms with E-state index < -0.39 is 0 Å². The van der Waals surface area contributed by atoms with Crippen molar-refractivity contribution in [2.24, 2.45) is 0 Å². The largest absolute Gasteiger partial charge is 0.0642 e. The van der Waals surface area contributed by atoms with E-state index in [0.717, 1.165) is 12.8 Å². The van der Waals surface area contributed by atoms with Gasteiger partial charge >= 0.3 is 0 Å². The predicted molar refractivity (Wildman–Crippen MR) is 70.9 cm³/mol. The van der Waals surface area contributed by atoms with Crippen molar-refractivity contribution in [1.82, 2.24) is 0 Å². The van der Waals surface area contributed by atoms with E-state index in [4.69, 9.17) is 0 Å². The Morgan fingerprint density at radius 1 is 1.00 bits per heavy atom. The highest BCUT2D eigenvalue weighted by Gasteiger charge is 2.39. The van der Waals surface area contributed by atoms with Crippen molar-refractivity contribution in [3.63, 3.8) is 0 Å². The van der Waals surface area contributed by atoms with E-state index in [1.807, 2.05) is 12.1 Å². The molecule has 2 aromatic carbocycles. The van der Waals surface area contributed by atoms with Crippen LogP contribution in [0.15, 0.2) is 36.4 Å². The molecule has 17 heavy (non-hydrogen) atoms. The van der Waals surface area contributed by atoms with Gasteiger partial charge in [-0.2, -0.15) is 0 Å². The van der Waals surface area contributed by atoms with Crippen LogP contribution in [-0.4, -0.2) is 0 Å². The summed E-state index contributed by atoms with van der Waals surface area (Å²) in [7, 11) is 0. The van der Waals surface area contributed by atoms with E-state index in [-0.39, 0.29) is 5.41 Å². The van der Waals surface area contributed by atoms with Gasteiger partial charge in [-0.15, -0.1) is 0 Å². The van der Waals surface area contributed by atoms with Crippen molar-refractivity contribution in [3.05, 3.63) is 59.7 Å². The zero-order valence-corrected chi connectivity index (χ0v) is 10.4. The summed E-state index contributed by atoms with van der Waals surface area (Å²) < 4.78 is 0. The molecule has 2 aromatic rings. The van der Waals surface area contributed by atoms with Crippen molar-refractivity contribution >= 4 is 0 Å². The minimum Gasteiger partial charge on any atom is -0.0642 e. The van der Waals surface area contributed by atoms with Crippen molar-refractivity contribution < 1.29 is 0 Å². The van der Waals surface area contributed by atoms with Crippen LogP contribution in [0.4, 0.5) is 0 Å². The van der Waals surface area contributed by atoms with E-state index in [1.165, 1.54) is 22.3 Å². The number of rotatable bonds is 2. The molecule has 0 unspecified atom stereocenters. The molecule has 0 fully saturated rings. The molecule has 1 aliphatic rings. The highest BCUT2D eigenvalue weighted by atomic mass is 14.4. The van der Waals surface area contributed by atoms with Gasteiger partial charge in [0.25, 0.3) is 0 Å². The lowest BCUT2D eigenvalue weighted by Crippen LogP contribution is -2.22. The van der Waals surface area contributed by atoms with Crippen molar-refractivity contribution in [3.8, 4) is 11.1 Å². The summed E-state index contributed by atoms with van der Waals surface area (Å²) in [5, 5.41) is 0. The molecule has 2 radical (unpaired) electrons. The van der Waals surface area contributed by atoms with E-state index in [2.05, 4.69) is 50.2 Å². The molecule has 3 rings (SSSR count). The number of benzene rings is 2. The molecule has 0 amide bonds. The summed E-state index contributed by atoms with van der Waals surface area (Å²) in [4.78, 5) is 0. The molecule has 0 aliphatic heterocycles. The normalized spacial score (nSPS) is 15.4. The molecule has 84 valence electrons. The monoisotopic (exact) mass is 220 g/mol. The Morgan fingerprint density at radius 3 is 2.47 bits per heavy atom. The molecule has 0 aromatic heterocycles. The third-order valence-corrected chi connectivity index (χ3v) is 4.19. The molecular formula is C17H16. The van der Waals surface area contributed by atoms with Gasteiger partial charge < -0.3 is 0 Å². The van der Waals surface area contributed by atoms with Gasteiger partial charge in [-0.25, -0.2) is 0 Å². The first-order valence-electron chi connectivity index (χ1n) is 6.36. The third kappa shape index (κ3) is 1.24. The highest BCUT2D eigenvalue weighted by Crippen LogP contribution is 2.51. The molecule has 0 heteroatoms. The molecular weight excluding hydrogens is 204 g/mol. The van der Waals surface area contributed by atoms with Crippen molar-refractivity contribution in [2.45, 2.75) is 32.1 Å². The first kappa shape index (κ1) is 10.6. The summed E-state index contributed by atoms with van der Waals surface area (Å²) in [6.07, 6.45) is 2.25. The predicted octanol–water partition coefficient (Wildman–Crippen LogP) is 4.37. The van der Waals surface area contributed by atoms with E-state index >= 15 is 0 Å². The smallest absolute Gasteiger partial charge is 0.0216 e. The van der Waals surface area contributed by atoms with E-state index in [1.54, 1.807) is 0 Å². The second kappa shape index (κ2) is 3.73. The van der Waals surface area contributed by atoms with Gasteiger partial charge in [0.2, 0.25) is 0 Å². The number of hydrogen-bond donors (Lipinski definition) is 0. The van der Waals surface area contributed by atoms with Crippen LogP contribution in [0.2, 0.25) is 0 Å². The van der Waals surface area contributed by atoms with Gasteiger partial charge in [-0.3, -0.25) is 0 Å². The van der Waals surface area contributed by atoms with Crippen LogP contribution in [0, 0.1) is 12.1 Å². The van der Waals surface area contributed by atoms with Crippen LogP contribution in [0.5, 0.6) is 0 Å². The molecule has 1 aliphatic carbocycles. The Bertz CT molecular complexity index is 500. The van der Waals surface area contributed by atoms with Crippen LogP contribution < -0.4 is 0 Å². The molecule has 0 nitrogen and oxygen atoms in total. The van der Waals surface area contributed by atoms with Crippen LogP contribution in [0.1, 0.15) is 37.8 Å². The van der Waals surface area contributed by atoms with E-state index in [0.29, 0.717) is 0 Å². The Balaban J connectivity index is 2.38. The summed E-state index contributed by atoms with van der Waals surface area (Å²) in [6, 6.07) is 19.6. The SMILES string of the molecule is CCC1(CC)c2[c]cc[c]c2-c2ccccc21. The lowest BCUT2D eigenvalue weighted by Gasteiger charge is -2.29. The average molecular weight is 220 g/mol. The summed E-state index contributed by atoms with van der Waals surface area (Å²) in [6.45, 7) is 4.55. The summed E-state index contributed by atoms with van der Waals surface area (Å²) in [5.74, 6) is 0. The Labute approximate surface area is 103 Å². The fraction of sp³-hybridized carbons (Fsp3) is 0.294. The zero-order valence-electron chi connectivity index (χ0n) is 10.4. The third-order valence-electron chi connectivity index (χ3n) is 4.19. The van der Waals surface area contributed by atoms with Crippen LogP contribution in [0.3, 0.4) is 0 Å². The maximum absolute atomic E-state index is 3.46. The topological polar surface area (TPSA) is 0 Å². The Hall–Kier alpha value is -1.56. The van der Waals surface area contributed by atoms with Gasteiger partial charge in [-0.1, -0.05) is 50.2 Å². The van der Waals surface area contributed by atoms with Gasteiger partial charge in [0.15, 0.2) is 0 Å². The molecule has 0 N–H and O–H groups in total. The Kier molecular flexibility index (Phi) is 2.32. The average Bonchev–Trinajstić information content (AvgIpc) is 2.70.